The van der Waals surface area contributed by atoms with E-state index in [2.05, 4.69) is 12.0 Å². The highest BCUT2D eigenvalue weighted by atomic mass is 32.1. The molecule has 1 nitrogen and oxygen atoms in total. The maximum atomic E-state index is 5.82. The topological polar surface area (TPSA) is 26.0 Å². The molecule has 1 aromatic heterocycles. The molecule has 1 aliphatic carbocycles. The maximum Gasteiger partial charge on any atom is 0.00834 e. The summed E-state index contributed by atoms with van der Waals surface area (Å²) in [5.74, 6) is 0.611. The normalized spacial score (nSPS) is 20.5. The van der Waals surface area contributed by atoms with Crippen molar-refractivity contribution >= 4 is 11.3 Å². The smallest absolute Gasteiger partial charge is 0.00834 e. The van der Waals surface area contributed by atoms with Crippen LogP contribution in [-0.2, 0) is 12.8 Å². The van der Waals surface area contributed by atoms with Crippen molar-refractivity contribution in [3.05, 3.63) is 34.0 Å². The molecule has 14 heavy (non-hydrogen) atoms. The molecule has 0 bridgehead atoms. The summed E-state index contributed by atoms with van der Waals surface area (Å²) in [4.78, 5) is 1.57. The van der Waals surface area contributed by atoms with E-state index in [1.54, 1.807) is 10.4 Å². The van der Waals surface area contributed by atoms with Crippen LogP contribution in [0.1, 0.15) is 34.8 Å². The molecular formula is C12H17NS. The van der Waals surface area contributed by atoms with E-state index < -0.39 is 0 Å². The first-order chi connectivity index (χ1) is 6.86. The third kappa shape index (κ3) is 1.64. The zero-order valence-electron chi connectivity index (χ0n) is 8.46. The van der Waals surface area contributed by atoms with Crippen LogP contribution in [0.2, 0.25) is 0 Å². The second kappa shape index (κ2) is 4.28. The van der Waals surface area contributed by atoms with Crippen LogP contribution in [0.25, 0.3) is 0 Å². The summed E-state index contributed by atoms with van der Waals surface area (Å²) in [5, 5.41) is 2.29. The number of hydrogen-bond acceptors (Lipinski definition) is 2. The van der Waals surface area contributed by atoms with Crippen molar-refractivity contribution < 1.29 is 0 Å². The Hall–Kier alpha value is -0.600. The standard InChI is InChI=1S/C12H17NS/c1-2-4-10-8-14-11-6-3-5-9(7-13)12(10)11/h2,8-9H,1,3-7,13H2. The predicted octanol–water partition coefficient (Wildman–Crippen LogP) is 2.86. The Morgan fingerprint density at radius 2 is 2.50 bits per heavy atom. The molecule has 0 saturated heterocycles. The quantitative estimate of drug-likeness (QED) is 0.758. The van der Waals surface area contributed by atoms with Crippen molar-refractivity contribution in [3.8, 4) is 0 Å². The van der Waals surface area contributed by atoms with Gasteiger partial charge in [0.05, 0.1) is 0 Å². The van der Waals surface area contributed by atoms with Crippen LogP contribution < -0.4 is 5.73 Å². The lowest BCUT2D eigenvalue weighted by Gasteiger charge is -2.22. The van der Waals surface area contributed by atoms with Gasteiger partial charge in [-0.3, -0.25) is 0 Å². The highest BCUT2D eigenvalue weighted by molar-refractivity contribution is 7.10. The molecule has 76 valence electrons. The average Bonchev–Trinajstić information content (AvgIpc) is 2.62. The second-order valence-electron chi connectivity index (χ2n) is 3.92. The van der Waals surface area contributed by atoms with Gasteiger partial charge in [0.25, 0.3) is 0 Å². The largest absolute Gasteiger partial charge is 0.330 e. The van der Waals surface area contributed by atoms with E-state index >= 15 is 0 Å². The van der Waals surface area contributed by atoms with Crippen molar-refractivity contribution in [1.29, 1.82) is 0 Å². The molecular weight excluding hydrogens is 190 g/mol. The summed E-state index contributed by atoms with van der Waals surface area (Å²) in [6.07, 6.45) is 6.83. The molecule has 1 aliphatic rings. The van der Waals surface area contributed by atoms with Crippen LogP contribution in [-0.4, -0.2) is 6.54 Å². The summed E-state index contributed by atoms with van der Waals surface area (Å²) in [6.45, 7) is 4.61. The number of aryl methyl sites for hydroxylation is 1. The SMILES string of the molecule is C=CCc1csc2c1C(CN)CCC2. The van der Waals surface area contributed by atoms with E-state index in [0.717, 1.165) is 13.0 Å². The van der Waals surface area contributed by atoms with Gasteiger partial charge in [0.1, 0.15) is 0 Å². The molecule has 1 heterocycles. The molecule has 0 saturated carbocycles. The molecule has 0 aliphatic heterocycles. The summed E-state index contributed by atoms with van der Waals surface area (Å²) < 4.78 is 0. The van der Waals surface area contributed by atoms with Crippen LogP contribution in [0.4, 0.5) is 0 Å². The summed E-state index contributed by atoms with van der Waals surface area (Å²) in [7, 11) is 0. The van der Waals surface area contributed by atoms with Crippen molar-refractivity contribution in [2.75, 3.05) is 6.54 Å². The molecule has 0 radical (unpaired) electrons. The molecule has 2 N–H and O–H groups in total. The minimum Gasteiger partial charge on any atom is -0.330 e. The van der Waals surface area contributed by atoms with Gasteiger partial charge in [-0.1, -0.05) is 6.08 Å². The van der Waals surface area contributed by atoms with Gasteiger partial charge < -0.3 is 5.73 Å². The van der Waals surface area contributed by atoms with Gasteiger partial charge in [0.15, 0.2) is 0 Å². The summed E-state index contributed by atoms with van der Waals surface area (Å²) >= 11 is 1.91. The van der Waals surface area contributed by atoms with Gasteiger partial charge in [0.2, 0.25) is 0 Å². The summed E-state index contributed by atoms with van der Waals surface area (Å²) in [5.41, 5.74) is 8.85. The van der Waals surface area contributed by atoms with E-state index in [-0.39, 0.29) is 0 Å². The summed E-state index contributed by atoms with van der Waals surface area (Å²) in [6, 6.07) is 0. The Bertz CT molecular complexity index is 327. The zero-order valence-corrected chi connectivity index (χ0v) is 9.28. The van der Waals surface area contributed by atoms with E-state index in [9.17, 15) is 0 Å². The van der Waals surface area contributed by atoms with Crippen LogP contribution in [0.3, 0.4) is 0 Å². The predicted molar refractivity (Wildman–Crippen MR) is 63.0 cm³/mol. The van der Waals surface area contributed by atoms with Crippen molar-refractivity contribution in [2.45, 2.75) is 31.6 Å². The number of thiophene rings is 1. The molecule has 2 rings (SSSR count). The fraction of sp³-hybridized carbons (Fsp3) is 0.500. The Kier molecular flexibility index (Phi) is 3.04. The lowest BCUT2D eigenvalue weighted by molar-refractivity contribution is 0.564. The van der Waals surface area contributed by atoms with Gasteiger partial charge >= 0.3 is 0 Å². The second-order valence-corrected chi connectivity index (χ2v) is 4.88. The molecule has 1 unspecified atom stereocenters. The van der Waals surface area contributed by atoms with Crippen LogP contribution in [0.5, 0.6) is 0 Å². The average molecular weight is 207 g/mol. The minimum absolute atomic E-state index is 0.611. The molecule has 0 aromatic carbocycles. The monoisotopic (exact) mass is 207 g/mol. The highest BCUT2D eigenvalue weighted by Gasteiger charge is 2.23. The van der Waals surface area contributed by atoms with Gasteiger partial charge in [-0.15, -0.1) is 17.9 Å². The van der Waals surface area contributed by atoms with Crippen molar-refractivity contribution in [1.82, 2.24) is 0 Å². The molecule has 2 heteroatoms. The molecule has 1 aromatic rings. The Labute approximate surface area is 89.6 Å². The van der Waals surface area contributed by atoms with Gasteiger partial charge in [-0.05, 0) is 54.7 Å². The minimum atomic E-state index is 0.611. The molecule has 0 fully saturated rings. The first kappa shape index (κ1) is 9.94. The Morgan fingerprint density at radius 3 is 3.21 bits per heavy atom. The fourth-order valence-electron chi connectivity index (χ4n) is 2.33. The van der Waals surface area contributed by atoms with Crippen LogP contribution >= 0.6 is 11.3 Å². The Morgan fingerprint density at radius 1 is 1.64 bits per heavy atom. The van der Waals surface area contributed by atoms with Crippen LogP contribution in [0.15, 0.2) is 18.0 Å². The maximum absolute atomic E-state index is 5.82. The number of rotatable bonds is 3. The van der Waals surface area contributed by atoms with E-state index in [1.165, 1.54) is 24.8 Å². The first-order valence-corrected chi connectivity index (χ1v) is 6.15. The third-order valence-corrected chi connectivity index (χ3v) is 4.11. The van der Waals surface area contributed by atoms with Gasteiger partial charge in [-0.25, -0.2) is 0 Å². The highest BCUT2D eigenvalue weighted by Crippen LogP contribution is 2.37. The number of allylic oxidation sites excluding steroid dienone is 1. The first-order valence-electron chi connectivity index (χ1n) is 5.27. The number of fused-ring (bicyclic) bond motifs is 1. The Balaban J connectivity index is 2.35. The molecule has 0 spiro atoms. The van der Waals surface area contributed by atoms with E-state index in [0.29, 0.717) is 5.92 Å². The number of hydrogen-bond donors (Lipinski definition) is 1. The van der Waals surface area contributed by atoms with E-state index in [4.69, 9.17) is 5.73 Å². The van der Waals surface area contributed by atoms with Crippen molar-refractivity contribution in [2.24, 2.45) is 5.73 Å². The number of nitrogens with two attached hydrogens (primary N) is 1. The molecule has 0 amide bonds. The lowest BCUT2D eigenvalue weighted by Crippen LogP contribution is -2.17. The van der Waals surface area contributed by atoms with Crippen molar-refractivity contribution in [3.63, 3.8) is 0 Å². The van der Waals surface area contributed by atoms with Gasteiger partial charge in [-0.2, -0.15) is 0 Å². The third-order valence-electron chi connectivity index (χ3n) is 3.00. The van der Waals surface area contributed by atoms with E-state index in [1.807, 2.05) is 17.4 Å². The zero-order chi connectivity index (χ0) is 9.97. The van der Waals surface area contributed by atoms with Gasteiger partial charge in [0, 0.05) is 4.88 Å². The fourth-order valence-corrected chi connectivity index (χ4v) is 3.53. The molecule has 1 atom stereocenters. The lowest BCUT2D eigenvalue weighted by atomic mass is 9.85. The van der Waals surface area contributed by atoms with Crippen LogP contribution in [0, 0.1) is 0 Å².